The molecular formula is C20H18BrN3O2S. The van der Waals surface area contributed by atoms with Crippen molar-refractivity contribution in [1.82, 2.24) is 4.68 Å². The van der Waals surface area contributed by atoms with Crippen molar-refractivity contribution < 1.29 is 9.84 Å². The van der Waals surface area contributed by atoms with E-state index in [1.807, 2.05) is 29.6 Å². The highest BCUT2D eigenvalue weighted by Gasteiger charge is 2.11. The second-order valence-electron chi connectivity index (χ2n) is 5.47. The lowest BCUT2D eigenvalue weighted by molar-refractivity contribution is 0.373. The van der Waals surface area contributed by atoms with Crippen LogP contribution in [0.25, 0.3) is 11.3 Å². The lowest BCUT2D eigenvalue weighted by Crippen LogP contribution is -2.12. The number of hydrogen-bond acceptors (Lipinski definition) is 5. The zero-order valence-electron chi connectivity index (χ0n) is 14.7. The highest BCUT2D eigenvalue weighted by Crippen LogP contribution is 2.30. The molecule has 1 N–H and O–H groups in total. The number of ether oxygens (including phenoxy) is 1. The fraction of sp³-hybridized carbons (Fsp3) is 0.100. The lowest BCUT2D eigenvalue weighted by Gasteiger charge is -2.07. The molecule has 0 radical (unpaired) electrons. The van der Waals surface area contributed by atoms with Crippen LogP contribution in [-0.4, -0.2) is 29.7 Å². The summed E-state index contributed by atoms with van der Waals surface area (Å²) in [6.45, 7) is 4.21. The molecular weight excluding hydrogens is 426 g/mol. The molecule has 0 aliphatic rings. The van der Waals surface area contributed by atoms with Gasteiger partial charge >= 0.3 is 0 Å². The number of para-hydroxylation sites is 1. The zero-order valence-corrected chi connectivity index (χ0v) is 17.1. The van der Waals surface area contributed by atoms with E-state index < -0.39 is 0 Å². The van der Waals surface area contributed by atoms with Crippen LogP contribution in [0.4, 0.5) is 0 Å². The van der Waals surface area contributed by atoms with E-state index in [9.17, 15) is 5.11 Å². The average Bonchev–Trinajstić information content (AvgIpc) is 3.08. The van der Waals surface area contributed by atoms with Crippen molar-refractivity contribution >= 4 is 33.5 Å². The van der Waals surface area contributed by atoms with Gasteiger partial charge in [-0.05, 0) is 18.2 Å². The molecule has 0 amide bonds. The van der Waals surface area contributed by atoms with Crippen molar-refractivity contribution in [3.8, 4) is 22.8 Å². The highest BCUT2D eigenvalue weighted by molar-refractivity contribution is 9.10. The molecule has 5 nitrogen and oxygen atoms in total. The maximum Gasteiger partial charge on any atom is 0.206 e. The summed E-state index contributed by atoms with van der Waals surface area (Å²) in [6.07, 6.45) is 3.33. The summed E-state index contributed by atoms with van der Waals surface area (Å²) in [5, 5.41) is 16.9. The molecule has 0 unspecified atom stereocenters. The first kappa shape index (κ1) is 19.1. The number of benzene rings is 2. The number of halogens is 1. The molecule has 0 spiro atoms. The lowest BCUT2D eigenvalue weighted by atomic mass is 10.2. The molecule has 7 heteroatoms. The summed E-state index contributed by atoms with van der Waals surface area (Å²) in [5.74, 6) is 0.448. The molecule has 0 saturated heterocycles. The van der Waals surface area contributed by atoms with Gasteiger partial charge in [0.2, 0.25) is 4.80 Å². The number of phenols is 1. The van der Waals surface area contributed by atoms with Crippen molar-refractivity contribution in [3.05, 3.63) is 75.3 Å². The van der Waals surface area contributed by atoms with Crippen LogP contribution in [0.15, 0.2) is 75.1 Å². The molecule has 138 valence electrons. The molecule has 1 aromatic heterocycles. The SMILES string of the molecule is C=CCN=c1scc(-c2ccccc2Br)n1N=Cc1cccc(OC)c1O. The Balaban J connectivity index is 2.12. The van der Waals surface area contributed by atoms with Crippen LogP contribution in [0.5, 0.6) is 11.5 Å². The predicted molar refractivity (Wildman–Crippen MR) is 114 cm³/mol. The standard InChI is InChI=1S/C20H18BrN3O2S/c1-3-11-22-20-24(17(13-27-20)15-8-4-5-9-16(15)21)23-12-14-7-6-10-18(26-2)19(14)25/h3-10,12-13,25H,1,11H2,2H3. The highest BCUT2D eigenvalue weighted by atomic mass is 79.9. The molecule has 2 aromatic carbocycles. The minimum Gasteiger partial charge on any atom is -0.504 e. The molecule has 0 bridgehead atoms. The molecule has 0 fully saturated rings. The van der Waals surface area contributed by atoms with Gasteiger partial charge in [-0.25, -0.2) is 4.68 Å². The summed E-state index contributed by atoms with van der Waals surface area (Å²) in [7, 11) is 1.51. The van der Waals surface area contributed by atoms with E-state index in [1.165, 1.54) is 18.4 Å². The van der Waals surface area contributed by atoms with Gasteiger partial charge in [0.1, 0.15) is 0 Å². The van der Waals surface area contributed by atoms with Crippen LogP contribution in [0.3, 0.4) is 0 Å². The third kappa shape index (κ3) is 4.20. The Bertz CT molecular complexity index is 1050. The smallest absolute Gasteiger partial charge is 0.206 e. The van der Waals surface area contributed by atoms with Gasteiger partial charge in [0.15, 0.2) is 11.5 Å². The number of aromatic nitrogens is 1. The minimum atomic E-state index is 0.0478. The van der Waals surface area contributed by atoms with E-state index in [0.29, 0.717) is 17.9 Å². The second kappa shape index (κ2) is 8.83. The van der Waals surface area contributed by atoms with Gasteiger partial charge in [0, 0.05) is 21.0 Å². The predicted octanol–water partition coefficient (Wildman–Crippen LogP) is 4.66. The summed E-state index contributed by atoms with van der Waals surface area (Å²) >= 11 is 5.09. The number of nitrogens with zero attached hydrogens (tertiary/aromatic N) is 3. The summed E-state index contributed by atoms with van der Waals surface area (Å²) < 4.78 is 7.88. The molecule has 0 aliphatic heterocycles. The summed E-state index contributed by atoms with van der Waals surface area (Å²) in [5.41, 5.74) is 2.45. The van der Waals surface area contributed by atoms with E-state index in [4.69, 9.17) is 4.74 Å². The zero-order chi connectivity index (χ0) is 19.2. The minimum absolute atomic E-state index is 0.0478. The second-order valence-corrected chi connectivity index (χ2v) is 7.16. The fourth-order valence-electron chi connectivity index (χ4n) is 2.44. The Hall–Kier alpha value is -2.64. The van der Waals surface area contributed by atoms with E-state index in [2.05, 4.69) is 32.6 Å². The van der Waals surface area contributed by atoms with Gasteiger partial charge in [-0.2, -0.15) is 5.10 Å². The molecule has 0 aliphatic carbocycles. The van der Waals surface area contributed by atoms with Crippen molar-refractivity contribution in [3.63, 3.8) is 0 Å². The number of aromatic hydroxyl groups is 1. The number of methoxy groups -OCH3 is 1. The first-order chi connectivity index (χ1) is 13.2. The first-order valence-electron chi connectivity index (χ1n) is 8.13. The Morgan fingerprint density at radius 3 is 2.81 bits per heavy atom. The molecule has 1 heterocycles. The number of phenolic OH excluding ortho intramolecular Hbond substituents is 1. The molecule has 0 saturated carbocycles. The van der Waals surface area contributed by atoms with Gasteiger partial charge in [-0.1, -0.05) is 46.3 Å². The number of rotatable bonds is 6. The quantitative estimate of drug-likeness (QED) is 0.444. The van der Waals surface area contributed by atoms with Crippen LogP contribution < -0.4 is 9.54 Å². The maximum absolute atomic E-state index is 10.3. The van der Waals surface area contributed by atoms with Crippen LogP contribution in [0.1, 0.15) is 5.56 Å². The van der Waals surface area contributed by atoms with E-state index in [0.717, 1.165) is 20.5 Å². The number of thiazole rings is 1. The summed E-state index contributed by atoms with van der Waals surface area (Å²) in [6, 6.07) is 13.2. The molecule has 3 rings (SSSR count). The third-order valence-electron chi connectivity index (χ3n) is 3.75. The fourth-order valence-corrected chi connectivity index (χ4v) is 3.77. The van der Waals surface area contributed by atoms with Crippen LogP contribution in [-0.2, 0) is 0 Å². The molecule has 0 atom stereocenters. The van der Waals surface area contributed by atoms with Crippen LogP contribution in [0.2, 0.25) is 0 Å². The van der Waals surface area contributed by atoms with Gasteiger partial charge in [-0.3, -0.25) is 4.99 Å². The van der Waals surface area contributed by atoms with Crippen LogP contribution >= 0.6 is 27.3 Å². The van der Waals surface area contributed by atoms with Crippen molar-refractivity contribution in [2.24, 2.45) is 10.1 Å². The van der Waals surface area contributed by atoms with Gasteiger partial charge in [0.25, 0.3) is 0 Å². The van der Waals surface area contributed by atoms with Gasteiger partial charge < -0.3 is 9.84 Å². The van der Waals surface area contributed by atoms with Gasteiger partial charge in [0.05, 0.1) is 25.6 Å². The first-order valence-corrected chi connectivity index (χ1v) is 9.80. The van der Waals surface area contributed by atoms with E-state index in [-0.39, 0.29) is 5.75 Å². The monoisotopic (exact) mass is 443 g/mol. The largest absolute Gasteiger partial charge is 0.504 e. The van der Waals surface area contributed by atoms with Crippen LogP contribution in [0, 0.1) is 0 Å². The van der Waals surface area contributed by atoms with E-state index in [1.54, 1.807) is 35.2 Å². The Morgan fingerprint density at radius 2 is 2.07 bits per heavy atom. The van der Waals surface area contributed by atoms with E-state index >= 15 is 0 Å². The Labute approximate surface area is 169 Å². The van der Waals surface area contributed by atoms with Crippen molar-refractivity contribution in [1.29, 1.82) is 0 Å². The maximum atomic E-state index is 10.3. The Kier molecular flexibility index (Phi) is 6.26. The Morgan fingerprint density at radius 1 is 1.26 bits per heavy atom. The molecule has 3 aromatic rings. The van der Waals surface area contributed by atoms with Crippen molar-refractivity contribution in [2.45, 2.75) is 0 Å². The topological polar surface area (TPSA) is 59.1 Å². The third-order valence-corrected chi connectivity index (χ3v) is 5.30. The normalized spacial score (nSPS) is 11.9. The number of hydrogen-bond donors (Lipinski definition) is 1. The van der Waals surface area contributed by atoms with Gasteiger partial charge in [-0.15, -0.1) is 17.9 Å². The van der Waals surface area contributed by atoms with Crippen molar-refractivity contribution in [2.75, 3.05) is 13.7 Å². The molecule has 27 heavy (non-hydrogen) atoms. The summed E-state index contributed by atoms with van der Waals surface area (Å²) in [4.78, 5) is 5.25. The average molecular weight is 444 g/mol.